The summed E-state index contributed by atoms with van der Waals surface area (Å²) in [6, 6.07) is 5.84. The van der Waals surface area contributed by atoms with Gasteiger partial charge in [-0.05, 0) is 32.4 Å². The first-order valence-electron chi connectivity index (χ1n) is 5.89. The van der Waals surface area contributed by atoms with E-state index in [0.717, 1.165) is 26.8 Å². The summed E-state index contributed by atoms with van der Waals surface area (Å²) >= 11 is 1.63. The van der Waals surface area contributed by atoms with E-state index in [1.807, 2.05) is 38.2 Å². The third-order valence-electron chi connectivity index (χ3n) is 2.66. The highest BCUT2D eigenvalue weighted by Gasteiger charge is 2.10. The van der Waals surface area contributed by atoms with Gasteiger partial charge in [0.25, 0.3) is 0 Å². The van der Waals surface area contributed by atoms with Gasteiger partial charge in [-0.15, -0.1) is 11.3 Å². The van der Waals surface area contributed by atoms with Crippen molar-refractivity contribution in [1.29, 1.82) is 0 Å². The van der Waals surface area contributed by atoms with Crippen LogP contribution in [-0.4, -0.2) is 10.1 Å². The average Bonchev–Trinajstić information content (AvgIpc) is 2.72. The number of thiazole rings is 1. The Morgan fingerprint density at radius 3 is 2.78 bits per heavy atom. The first-order valence-corrected chi connectivity index (χ1v) is 6.70. The minimum absolute atomic E-state index is 0.495. The van der Waals surface area contributed by atoms with Crippen LogP contribution in [0.4, 0.5) is 0 Å². The first-order chi connectivity index (χ1) is 8.56. The zero-order chi connectivity index (χ0) is 13.1. The second-order valence-electron chi connectivity index (χ2n) is 4.35. The van der Waals surface area contributed by atoms with Gasteiger partial charge >= 0.3 is 0 Å². The molecular weight excluding hydrogens is 246 g/mol. The molecule has 4 heteroatoms. The Balaban J connectivity index is 2.15. The van der Waals surface area contributed by atoms with E-state index in [2.05, 4.69) is 4.98 Å². The van der Waals surface area contributed by atoms with Gasteiger partial charge in [0.2, 0.25) is 0 Å². The Morgan fingerprint density at radius 2 is 2.17 bits per heavy atom. The first kappa shape index (κ1) is 13.1. The maximum Gasteiger partial charge on any atom is 0.125 e. The fourth-order valence-corrected chi connectivity index (χ4v) is 2.44. The highest BCUT2D eigenvalue weighted by Crippen LogP contribution is 2.27. The minimum Gasteiger partial charge on any atom is -0.488 e. The Labute approximate surface area is 111 Å². The summed E-state index contributed by atoms with van der Waals surface area (Å²) in [5.74, 6) is 0.746. The molecule has 18 heavy (non-hydrogen) atoms. The van der Waals surface area contributed by atoms with E-state index < -0.39 is 6.10 Å². The molecule has 2 rings (SSSR count). The second kappa shape index (κ2) is 5.50. The molecule has 0 amide bonds. The number of aliphatic hydroxyl groups excluding tert-OH is 1. The zero-order valence-electron chi connectivity index (χ0n) is 10.8. The van der Waals surface area contributed by atoms with Crippen LogP contribution in [0.3, 0.4) is 0 Å². The van der Waals surface area contributed by atoms with Gasteiger partial charge in [0, 0.05) is 11.8 Å². The SMILES string of the molecule is Cc1ccc(C(C)O)c(OCc2cnc(C)s2)c1. The van der Waals surface area contributed by atoms with Crippen molar-refractivity contribution in [2.24, 2.45) is 0 Å². The number of hydrogen-bond donors (Lipinski definition) is 1. The van der Waals surface area contributed by atoms with E-state index in [1.165, 1.54) is 0 Å². The molecule has 0 aliphatic rings. The molecule has 96 valence electrons. The summed E-state index contributed by atoms with van der Waals surface area (Å²) in [6.45, 7) is 6.22. The molecule has 1 aromatic heterocycles. The van der Waals surface area contributed by atoms with Gasteiger partial charge < -0.3 is 9.84 Å². The van der Waals surface area contributed by atoms with E-state index in [4.69, 9.17) is 4.74 Å². The van der Waals surface area contributed by atoms with Crippen molar-refractivity contribution >= 4 is 11.3 Å². The van der Waals surface area contributed by atoms with Crippen LogP contribution in [0.5, 0.6) is 5.75 Å². The molecule has 0 aliphatic carbocycles. The Morgan fingerprint density at radius 1 is 1.39 bits per heavy atom. The molecule has 0 saturated carbocycles. The lowest BCUT2D eigenvalue weighted by Crippen LogP contribution is -2.00. The molecule has 0 bridgehead atoms. The van der Waals surface area contributed by atoms with Crippen LogP contribution in [-0.2, 0) is 6.61 Å². The van der Waals surface area contributed by atoms with Crippen molar-refractivity contribution < 1.29 is 9.84 Å². The van der Waals surface area contributed by atoms with E-state index in [9.17, 15) is 5.11 Å². The lowest BCUT2D eigenvalue weighted by Gasteiger charge is -2.13. The quantitative estimate of drug-likeness (QED) is 0.919. The standard InChI is InChI=1S/C14H17NO2S/c1-9-4-5-13(10(2)16)14(6-9)17-8-12-7-15-11(3)18-12/h4-7,10,16H,8H2,1-3H3. The summed E-state index contributed by atoms with van der Waals surface area (Å²) in [6.07, 6.45) is 1.31. The van der Waals surface area contributed by atoms with Gasteiger partial charge in [-0.3, -0.25) is 0 Å². The van der Waals surface area contributed by atoms with Crippen molar-refractivity contribution in [1.82, 2.24) is 4.98 Å². The highest BCUT2D eigenvalue weighted by molar-refractivity contribution is 7.11. The third-order valence-corrected chi connectivity index (χ3v) is 3.54. The van der Waals surface area contributed by atoms with Crippen LogP contribution in [0, 0.1) is 13.8 Å². The summed E-state index contributed by atoms with van der Waals surface area (Å²) in [5, 5.41) is 10.7. The van der Waals surface area contributed by atoms with Gasteiger partial charge in [0.1, 0.15) is 12.4 Å². The summed E-state index contributed by atoms with van der Waals surface area (Å²) < 4.78 is 5.79. The number of ether oxygens (including phenoxy) is 1. The number of aromatic nitrogens is 1. The molecule has 2 aromatic rings. The lowest BCUT2D eigenvalue weighted by molar-refractivity contribution is 0.190. The van der Waals surface area contributed by atoms with Crippen molar-refractivity contribution in [3.05, 3.63) is 45.4 Å². The maximum absolute atomic E-state index is 9.71. The van der Waals surface area contributed by atoms with Crippen molar-refractivity contribution in [2.75, 3.05) is 0 Å². The number of benzene rings is 1. The van der Waals surface area contributed by atoms with Gasteiger partial charge in [-0.2, -0.15) is 0 Å². The fourth-order valence-electron chi connectivity index (χ4n) is 1.73. The molecule has 1 aromatic carbocycles. The van der Waals surface area contributed by atoms with Crippen LogP contribution in [0.25, 0.3) is 0 Å². The monoisotopic (exact) mass is 263 g/mol. The Bertz CT molecular complexity index is 534. The molecule has 0 aliphatic heterocycles. The summed E-state index contributed by atoms with van der Waals surface area (Å²) in [4.78, 5) is 5.28. The van der Waals surface area contributed by atoms with E-state index >= 15 is 0 Å². The van der Waals surface area contributed by atoms with Crippen molar-refractivity contribution in [3.8, 4) is 5.75 Å². The molecule has 0 radical (unpaired) electrons. The zero-order valence-corrected chi connectivity index (χ0v) is 11.6. The number of hydrogen-bond acceptors (Lipinski definition) is 4. The van der Waals surface area contributed by atoms with E-state index in [1.54, 1.807) is 18.3 Å². The molecule has 1 heterocycles. The van der Waals surface area contributed by atoms with Gasteiger partial charge in [-0.25, -0.2) is 4.98 Å². The number of aliphatic hydroxyl groups is 1. The molecule has 0 fully saturated rings. The summed E-state index contributed by atoms with van der Waals surface area (Å²) in [7, 11) is 0. The fraction of sp³-hybridized carbons (Fsp3) is 0.357. The largest absolute Gasteiger partial charge is 0.488 e. The summed E-state index contributed by atoms with van der Waals surface area (Å²) in [5.41, 5.74) is 1.94. The Hall–Kier alpha value is -1.39. The normalized spacial score (nSPS) is 12.4. The lowest BCUT2D eigenvalue weighted by atomic mass is 10.1. The van der Waals surface area contributed by atoms with E-state index in [-0.39, 0.29) is 0 Å². The van der Waals surface area contributed by atoms with Crippen LogP contribution in [0.1, 0.15) is 34.0 Å². The van der Waals surface area contributed by atoms with Crippen molar-refractivity contribution in [3.63, 3.8) is 0 Å². The molecule has 0 spiro atoms. The minimum atomic E-state index is -0.524. The average molecular weight is 263 g/mol. The smallest absolute Gasteiger partial charge is 0.125 e. The van der Waals surface area contributed by atoms with Crippen LogP contribution < -0.4 is 4.74 Å². The number of rotatable bonds is 4. The Kier molecular flexibility index (Phi) is 3.99. The molecule has 3 nitrogen and oxygen atoms in total. The maximum atomic E-state index is 9.71. The van der Waals surface area contributed by atoms with Gasteiger partial charge in [0.15, 0.2) is 0 Å². The molecular formula is C14H17NO2S. The van der Waals surface area contributed by atoms with Crippen LogP contribution in [0.2, 0.25) is 0 Å². The topological polar surface area (TPSA) is 42.4 Å². The number of nitrogens with zero attached hydrogens (tertiary/aromatic N) is 1. The van der Waals surface area contributed by atoms with Crippen molar-refractivity contribution in [2.45, 2.75) is 33.5 Å². The third kappa shape index (κ3) is 3.09. The van der Waals surface area contributed by atoms with E-state index in [0.29, 0.717) is 6.61 Å². The van der Waals surface area contributed by atoms with Crippen LogP contribution in [0.15, 0.2) is 24.4 Å². The van der Waals surface area contributed by atoms with Gasteiger partial charge in [-0.1, -0.05) is 12.1 Å². The molecule has 1 unspecified atom stereocenters. The highest BCUT2D eigenvalue weighted by atomic mass is 32.1. The van der Waals surface area contributed by atoms with Gasteiger partial charge in [0.05, 0.1) is 16.0 Å². The molecule has 0 saturated heterocycles. The predicted molar refractivity (Wildman–Crippen MR) is 73.0 cm³/mol. The number of aryl methyl sites for hydroxylation is 2. The molecule has 1 atom stereocenters. The second-order valence-corrected chi connectivity index (χ2v) is 5.67. The molecule has 1 N–H and O–H groups in total. The predicted octanol–water partition coefficient (Wildman–Crippen LogP) is 3.39. The van der Waals surface area contributed by atoms with Crippen LogP contribution >= 0.6 is 11.3 Å².